The van der Waals surface area contributed by atoms with Gasteiger partial charge in [-0.25, -0.2) is 4.98 Å². The minimum Gasteiger partial charge on any atom is -0.497 e. The van der Waals surface area contributed by atoms with Gasteiger partial charge in [-0.15, -0.1) is 0 Å². The first-order valence-electron chi connectivity index (χ1n) is 6.18. The standard InChI is InChI=1S/C15H11ClN2O2S/c1-20-10-7-5-9(6-8-10)14(19)18-15-17-13-11(16)3-2-4-12(13)21-15/h2-8H,1H3,(H,17,18,19). The molecular weight excluding hydrogens is 308 g/mol. The van der Waals surface area contributed by atoms with Gasteiger partial charge in [-0.3, -0.25) is 10.1 Å². The van der Waals surface area contributed by atoms with Gasteiger partial charge in [0.1, 0.15) is 11.3 Å². The summed E-state index contributed by atoms with van der Waals surface area (Å²) in [4.78, 5) is 16.5. The molecule has 1 aromatic heterocycles. The van der Waals surface area contributed by atoms with Gasteiger partial charge in [0.2, 0.25) is 0 Å². The second-order valence-corrected chi connectivity index (χ2v) is 5.73. The highest BCUT2D eigenvalue weighted by Crippen LogP contribution is 2.30. The van der Waals surface area contributed by atoms with Crippen LogP contribution in [0.3, 0.4) is 0 Å². The van der Waals surface area contributed by atoms with Gasteiger partial charge >= 0.3 is 0 Å². The zero-order valence-corrected chi connectivity index (χ0v) is 12.7. The molecule has 0 unspecified atom stereocenters. The number of aromatic nitrogens is 1. The molecule has 0 aliphatic heterocycles. The second kappa shape index (κ2) is 5.71. The topological polar surface area (TPSA) is 51.2 Å². The Bertz CT molecular complexity index is 799. The summed E-state index contributed by atoms with van der Waals surface area (Å²) in [5.74, 6) is 0.492. The Morgan fingerprint density at radius 3 is 2.67 bits per heavy atom. The van der Waals surface area contributed by atoms with Crippen molar-refractivity contribution in [3.8, 4) is 5.75 Å². The Hall–Kier alpha value is -2.11. The van der Waals surface area contributed by atoms with E-state index in [1.54, 1.807) is 37.4 Å². The SMILES string of the molecule is COc1ccc(C(=O)Nc2nc3c(Cl)cccc3s2)cc1. The lowest BCUT2D eigenvalue weighted by atomic mass is 10.2. The molecule has 3 aromatic rings. The first-order chi connectivity index (χ1) is 10.2. The average Bonchev–Trinajstić information content (AvgIpc) is 2.91. The number of halogens is 1. The molecule has 21 heavy (non-hydrogen) atoms. The Morgan fingerprint density at radius 1 is 1.24 bits per heavy atom. The highest BCUT2D eigenvalue weighted by molar-refractivity contribution is 7.22. The molecule has 1 heterocycles. The molecule has 1 amide bonds. The third-order valence-electron chi connectivity index (χ3n) is 2.94. The van der Waals surface area contributed by atoms with Crippen LogP contribution in [0.25, 0.3) is 10.2 Å². The fraction of sp³-hybridized carbons (Fsp3) is 0.0667. The summed E-state index contributed by atoms with van der Waals surface area (Å²) in [5.41, 5.74) is 1.25. The number of nitrogens with zero attached hydrogens (tertiary/aromatic N) is 1. The van der Waals surface area contributed by atoms with Crippen molar-refractivity contribution >= 4 is 44.2 Å². The van der Waals surface area contributed by atoms with Crippen LogP contribution in [0.2, 0.25) is 5.02 Å². The summed E-state index contributed by atoms with van der Waals surface area (Å²) in [5, 5.41) is 3.89. The molecule has 0 aliphatic carbocycles. The van der Waals surface area contributed by atoms with E-state index in [2.05, 4.69) is 10.3 Å². The monoisotopic (exact) mass is 318 g/mol. The lowest BCUT2D eigenvalue weighted by Crippen LogP contribution is -2.11. The number of fused-ring (bicyclic) bond motifs is 1. The van der Waals surface area contributed by atoms with E-state index in [0.29, 0.717) is 27.0 Å². The van der Waals surface area contributed by atoms with Crippen molar-refractivity contribution in [2.45, 2.75) is 0 Å². The number of nitrogens with one attached hydrogen (secondary N) is 1. The summed E-state index contributed by atoms with van der Waals surface area (Å²) in [6, 6.07) is 12.4. The molecule has 0 radical (unpaired) electrons. The molecule has 2 aromatic carbocycles. The highest BCUT2D eigenvalue weighted by Gasteiger charge is 2.11. The van der Waals surface area contributed by atoms with E-state index in [1.165, 1.54) is 11.3 Å². The maximum absolute atomic E-state index is 12.2. The molecule has 0 bridgehead atoms. The molecule has 6 heteroatoms. The van der Waals surface area contributed by atoms with Crippen molar-refractivity contribution in [1.82, 2.24) is 4.98 Å². The van der Waals surface area contributed by atoms with Crippen LogP contribution in [0, 0.1) is 0 Å². The van der Waals surface area contributed by atoms with Crippen molar-refractivity contribution in [3.63, 3.8) is 0 Å². The number of thiazole rings is 1. The van der Waals surface area contributed by atoms with Crippen molar-refractivity contribution in [2.24, 2.45) is 0 Å². The number of rotatable bonds is 3. The number of carbonyl (C=O) groups excluding carboxylic acids is 1. The molecule has 4 nitrogen and oxygen atoms in total. The number of hydrogen-bond donors (Lipinski definition) is 1. The molecule has 0 saturated carbocycles. The van der Waals surface area contributed by atoms with E-state index in [-0.39, 0.29) is 5.91 Å². The molecule has 0 atom stereocenters. The fourth-order valence-electron chi connectivity index (χ4n) is 1.88. The molecule has 3 rings (SSSR count). The van der Waals surface area contributed by atoms with Crippen LogP contribution in [0.4, 0.5) is 5.13 Å². The lowest BCUT2D eigenvalue weighted by molar-refractivity contribution is 0.102. The Morgan fingerprint density at radius 2 is 2.00 bits per heavy atom. The van der Waals surface area contributed by atoms with Crippen molar-refractivity contribution in [1.29, 1.82) is 0 Å². The van der Waals surface area contributed by atoms with Gasteiger partial charge < -0.3 is 4.74 Å². The van der Waals surface area contributed by atoms with Crippen molar-refractivity contribution in [3.05, 3.63) is 53.1 Å². The Kier molecular flexibility index (Phi) is 3.77. The van der Waals surface area contributed by atoms with Crippen LogP contribution in [-0.2, 0) is 0 Å². The lowest BCUT2D eigenvalue weighted by Gasteiger charge is -2.03. The summed E-state index contributed by atoms with van der Waals surface area (Å²) in [6.07, 6.45) is 0. The first kappa shape index (κ1) is 13.9. The number of methoxy groups -OCH3 is 1. The number of hydrogen-bond acceptors (Lipinski definition) is 4. The third-order valence-corrected chi connectivity index (χ3v) is 4.18. The normalized spacial score (nSPS) is 10.6. The van der Waals surface area contributed by atoms with Gasteiger partial charge in [-0.1, -0.05) is 29.0 Å². The minimum absolute atomic E-state index is 0.215. The maximum Gasteiger partial charge on any atom is 0.257 e. The van der Waals surface area contributed by atoms with E-state index in [1.807, 2.05) is 12.1 Å². The average molecular weight is 319 g/mol. The molecule has 0 fully saturated rings. The van der Waals surface area contributed by atoms with Crippen LogP contribution < -0.4 is 10.1 Å². The van der Waals surface area contributed by atoms with Crippen LogP contribution in [-0.4, -0.2) is 18.0 Å². The maximum atomic E-state index is 12.2. The Balaban J connectivity index is 1.83. The molecule has 0 aliphatic rings. The minimum atomic E-state index is -0.215. The summed E-state index contributed by atoms with van der Waals surface area (Å²) < 4.78 is 6.00. The van der Waals surface area contributed by atoms with Crippen molar-refractivity contribution in [2.75, 3.05) is 12.4 Å². The van der Waals surface area contributed by atoms with Crippen LogP contribution in [0.5, 0.6) is 5.75 Å². The van der Waals surface area contributed by atoms with E-state index < -0.39 is 0 Å². The van der Waals surface area contributed by atoms with Gasteiger partial charge in [-0.2, -0.15) is 0 Å². The molecule has 0 saturated heterocycles. The van der Waals surface area contributed by atoms with E-state index in [9.17, 15) is 4.79 Å². The smallest absolute Gasteiger partial charge is 0.257 e. The van der Waals surface area contributed by atoms with E-state index in [4.69, 9.17) is 16.3 Å². The molecule has 1 N–H and O–H groups in total. The number of carbonyl (C=O) groups is 1. The van der Waals surface area contributed by atoms with Crippen LogP contribution in [0.15, 0.2) is 42.5 Å². The van der Waals surface area contributed by atoms with Gasteiger partial charge in [0.25, 0.3) is 5.91 Å². The number of anilines is 1. The number of ether oxygens (including phenoxy) is 1. The quantitative estimate of drug-likeness (QED) is 0.787. The van der Waals surface area contributed by atoms with Crippen molar-refractivity contribution < 1.29 is 9.53 Å². The first-order valence-corrected chi connectivity index (χ1v) is 7.37. The number of amides is 1. The second-order valence-electron chi connectivity index (χ2n) is 4.29. The predicted octanol–water partition coefficient (Wildman–Crippen LogP) is 4.21. The van der Waals surface area contributed by atoms with Gasteiger partial charge in [0, 0.05) is 5.56 Å². The fourth-order valence-corrected chi connectivity index (χ4v) is 3.04. The van der Waals surface area contributed by atoms with Gasteiger partial charge in [0.15, 0.2) is 5.13 Å². The molecular formula is C15H11ClN2O2S. The summed E-state index contributed by atoms with van der Waals surface area (Å²) in [6.45, 7) is 0. The largest absolute Gasteiger partial charge is 0.497 e. The Labute approximate surface area is 130 Å². The van der Waals surface area contributed by atoms with E-state index in [0.717, 1.165) is 4.70 Å². The van der Waals surface area contributed by atoms with Crippen LogP contribution >= 0.6 is 22.9 Å². The third kappa shape index (κ3) is 2.84. The zero-order chi connectivity index (χ0) is 14.8. The highest BCUT2D eigenvalue weighted by atomic mass is 35.5. The van der Waals surface area contributed by atoms with E-state index >= 15 is 0 Å². The number of benzene rings is 2. The molecule has 0 spiro atoms. The summed E-state index contributed by atoms with van der Waals surface area (Å²) >= 11 is 7.46. The summed E-state index contributed by atoms with van der Waals surface area (Å²) in [7, 11) is 1.58. The van der Waals surface area contributed by atoms with Gasteiger partial charge in [-0.05, 0) is 36.4 Å². The van der Waals surface area contributed by atoms with Gasteiger partial charge in [0.05, 0.1) is 16.8 Å². The van der Waals surface area contributed by atoms with Crippen LogP contribution in [0.1, 0.15) is 10.4 Å². The zero-order valence-electron chi connectivity index (χ0n) is 11.1. The predicted molar refractivity (Wildman–Crippen MR) is 85.6 cm³/mol. The number of para-hydroxylation sites is 1. The molecule has 106 valence electrons.